The highest BCUT2D eigenvalue weighted by Crippen LogP contribution is 2.43. The van der Waals surface area contributed by atoms with Crippen molar-refractivity contribution in [3.8, 4) is 22.8 Å². The molecule has 4 aromatic heterocycles. The van der Waals surface area contributed by atoms with Crippen LogP contribution in [0.3, 0.4) is 0 Å². The average molecular weight is 1450 g/mol. The first kappa shape index (κ1) is 76.8. The van der Waals surface area contributed by atoms with Gasteiger partial charge in [0.05, 0.1) is 83.7 Å². The molecule has 4 aliphatic rings. The minimum absolute atomic E-state index is 0.0119. The van der Waals surface area contributed by atoms with Crippen molar-refractivity contribution >= 4 is 92.6 Å². The number of nitrogens with one attached hydrogen (secondary N) is 5. The maximum atomic E-state index is 14.0. The Kier molecular flexibility index (Phi) is 24.4. The van der Waals surface area contributed by atoms with Crippen LogP contribution in [0.5, 0.6) is 0 Å². The number of ether oxygens (including phenoxy) is 5. The summed E-state index contributed by atoms with van der Waals surface area (Å²) in [5.74, 6) is -11.3. The number of ketones is 3. The predicted molar refractivity (Wildman–Crippen MR) is 367 cm³/mol. The van der Waals surface area contributed by atoms with Gasteiger partial charge in [-0.25, -0.2) is 19.6 Å². The molecule has 105 heavy (non-hydrogen) atoms. The van der Waals surface area contributed by atoms with E-state index < -0.39 is 169 Å². The Morgan fingerprint density at radius 3 is 1.52 bits per heavy atom. The SMILES string of the molecule is CC[C@@H](CC(=O)NCC(=O)O[C@@]1(CC)C(=O)OCc2c1cc1n(c2=O)Cc2cc3ccccc3nc2-1)C(=O)NCCCC(=O)[C@H](O)[C@@H](O)[C@@H](O)[C@H](O)C(=O)NCCCC(=O)[C@H](CC(=O)NCC(=O)O[C@@]1(CC)C(=O)OCc2c1cc1n(c2=O)Cc2cc3ccccc3nc2-1)NC(=O)CCOCCC(C)=O. The van der Waals surface area contributed by atoms with Crippen molar-refractivity contribution < 1.29 is 102 Å². The first-order valence-electron chi connectivity index (χ1n) is 34.6. The number of nitrogens with zero attached hydrogens (tertiary/aromatic N) is 4. The van der Waals surface area contributed by atoms with Crippen LogP contribution in [0.1, 0.15) is 132 Å². The van der Waals surface area contributed by atoms with Gasteiger partial charge in [-0.3, -0.25) is 57.5 Å². The second kappa shape index (κ2) is 33.3. The second-order valence-electron chi connectivity index (χ2n) is 26.1. The van der Waals surface area contributed by atoms with Crippen molar-refractivity contribution in [2.75, 3.05) is 39.4 Å². The van der Waals surface area contributed by atoms with E-state index in [2.05, 4.69) is 26.6 Å². The van der Waals surface area contributed by atoms with E-state index in [-0.39, 0.29) is 119 Å². The molecule has 5 amide bonds. The van der Waals surface area contributed by atoms with Gasteiger partial charge >= 0.3 is 23.9 Å². The Bertz CT molecular complexity index is 4610. The molecule has 0 fully saturated rings. The number of amides is 5. The van der Waals surface area contributed by atoms with Crippen molar-refractivity contribution in [3.05, 3.63) is 127 Å². The number of fused-ring (bicyclic) bond motifs is 10. The largest absolute Gasteiger partial charge is 0.457 e. The number of Topliss-reactive ketones (excluding diaryl/α,β-unsaturated/α-hetero) is 3. The monoisotopic (exact) mass is 1450 g/mol. The zero-order valence-corrected chi connectivity index (χ0v) is 58.1. The lowest BCUT2D eigenvalue weighted by Gasteiger charge is -2.35. The third-order valence-corrected chi connectivity index (χ3v) is 19.1. The molecule has 0 unspecified atom stereocenters. The lowest BCUT2D eigenvalue weighted by atomic mass is 9.85. The van der Waals surface area contributed by atoms with Gasteiger partial charge in [0, 0.05) is 84.1 Å². The van der Waals surface area contributed by atoms with Crippen molar-refractivity contribution in [1.29, 1.82) is 0 Å². The fraction of sp³-hybridized carbons (Fsp3) is 0.452. The standard InChI is InChI=1S/C73H81N9O23/c1-5-39(28-56(87)76-32-58(89)104-72(6-2)46-29-51-60-42(26-40-14-8-10-16-48(40)79-60)34-81(51)68(97)44(46)36-102-70(72)99)66(95)74-22-13-19-54(85)62(91)63(92)64(93)65(94)67(96)75-23-12-18-53(84)50(78-55(86)21-25-101-24-20-38(4)83)31-57(88)77-33-59(90)105-73(7-3)47-30-52-61-43(27-41-15-9-11-17-49(41)80-61)35-82(52)69(98)45(47)37-103-71(73)100/h8-11,14-17,26-27,29-30,39,50,62-65,91-94H,5-7,12-13,18-25,28,31-37H2,1-4H3,(H,74,95)(H,75,96)(H,76,87)(H,77,88)(H,78,86)/t39-,50-,62-,63+,64+,65-,72+,73+/m0/s1. The van der Waals surface area contributed by atoms with Gasteiger partial charge in [-0.2, -0.15) is 0 Å². The molecular weight excluding hydrogens is 1370 g/mol. The molecule has 0 saturated heterocycles. The number of hydrogen-bond donors (Lipinski definition) is 9. The van der Waals surface area contributed by atoms with Crippen LogP contribution in [0.4, 0.5) is 0 Å². The van der Waals surface area contributed by atoms with E-state index in [4.69, 9.17) is 33.7 Å². The number of rotatable bonds is 35. The van der Waals surface area contributed by atoms with Gasteiger partial charge in [0.1, 0.15) is 50.4 Å². The molecule has 6 aromatic rings. The van der Waals surface area contributed by atoms with E-state index in [0.29, 0.717) is 33.8 Å². The molecule has 32 nitrogen and oxygen atoms in total. The number of pyridine rings is 4. The van der Waals surface area contributed by atoms with E-state index in [1.165, 1.54) is 16.1 Å². The van der Waals surface area contributed by atoms with Gasteiger partial charge in [0.15, 0.2) is 17.7 Å². The van der Waals surface area contributed by atoms with Crippen molar-refractivity contribution in [2.45, 2.75) is 166 Å². The van der Waals surface area contributed by atoms with Gasteiger partial charge in [-0.05, 0) is 75.4 Å². The number of carbonyl (C=O) groups is 12. The Morgan fingerprint density at radius 2 is 1.03 bits per heavy atom. The van der Waals surface area contributed by atoms with E-state index in [9.17, 15) is 87.5 Å². The maximum Gasteiger partial charge on any atom is 0.355 e. The molecule has 4 aliphatic heterocycles. The summed E-state index contributed by atoms with van der Waals surface area (Å²) in [4.78, 5) is 196. The fourth-order valence-electron chi connectivity index (χ4n) is 13.2. The number of aliphatic hydroxyl groups is 4. The molecular formula is C73H81N9O23. The summed E-state index contributed by atoms with van der Waals surface area (Å²) in [5.41, 5.74) is 0.0695. The highest BCUT2D eigenvalue weighted by atomic mass is 16.6. The molecule has 32 heteroatoms. The lowest BCUT2D eigenvalue weighted by molar-refractivity contribution is -0.189. The lowest BCUT2D eigenvalue weighted by Crippen LogP contribution is -2.52. The molecule has 556 valence electrons. The van der Waals surface area contributed by atoms with Gasteiger partial charge in [0.25, 0.3) is 17.0 Å². The third-order valence-electron chi connectivity index (χ3n) is 19.1. The molecule has 8 atom stereocenters. The maximum absolute atomic E-state index is 14.0. The minimum atomic E-state index is -2.44. The predicted octanol–water partition coefficient (Wildman–Crippen LogP) is 0.559. The Hall–Kier alpha value is -10.8. The van der Waals surface area contributed by atoms with Crippen LogP contribution in [0.25, 0.3) is 44.6 Å². The van der Waals surface area contributed by atoms with Crippen molar-refractivity contribution in [3.63, 3.8) is 0 Å². The summed E-state index contributed by atoms with van der Waals surface area (Å²) in [7, 11) is 0. The van der Waals surface area contributed by atoms with Crippen molar-refractivity contribution in [2.24, 2.45) is 5.92 Å². The normalized spacial score (nSPS) is 17.6. The highest BCUT2D eigenvalue weighted by molar-refractivity contribution is 5.96. The Morgan fingerprint density at radius 1 is 0.562 bits per heavy atom. The number of para-hydroxylation sites is 2. The summed E-state index contributed by atoms with van der Waals surface area (Å²) < 4.78 is 30.8. The average Bonchev–Trinajstić information content (AvgIpc) is 1.67. The molecule has 2 aromatic carbocycles. The van der Waals surface area contributed by atoms with E-state index in [1.54, 1.807) is 32.9 Å². The second-order valence-corrected chi connectivity index (χ2v) is 26.1. The molecule has 0 spiro atoms. The van der Waals surface area contributed by atoms with Crippen LogP contribution < -0.4 is 37.7 Å². The number of esters is 4. The first-order chi connectivity index (χ1) is 50.2. The zero-order chi connectivity index (χ0) is 75.6. The quantitative estimate of drug-likeness (QED) is 0.0149. The van der Waals surface area contributed by atoms with E-state index in [0.717, 1.165) is 21.9 Å². The number of carbonyl (C=O) groups excluding carboxylic acids is 12. The number of benzene rings is 2. The molecule has 10 rings (SSSR count). The molecule has 0 radical (unpaired) electrons. The fourth-order valence-corrected chi connectivity index (χ4v) is 13.2. The molecule has 0 aliphatic carbocycles. The number of cyclic esters (lactones) is 2. The van der Waals surface area contributed by atoms with Gasteiger partial charge < -0.3 is 79.8 Å². The van der Waals surface area contributed by atoms with E-state index >= 15 is 0 Å². The van der Waals surface area contributed by atoms with Crippen LogP contribution in [0.2, 0.25) is 0 Å². The van der Waals surface area contributed by atoms with Crippen molar-refractivity contribution in [1.82, 2.24) is 45.7 Å². The van der Waals surface area contributed by atoms with Crippen LogP contribution >= 0.6 is 0 Å². The third kappa shape index (κ3) is 16.7. The number of aromatic nitrogens is 4. The molecule has 9 N–H and O–H groups in total. The Balaban J connectivity index is 0.652. The molecule has 0 bridgehead atoms. The molecule has 8 heterocycles. The number of hydrogen-bond acceptors (Lipinski definition) is 25. The van der Waals surface area contributed by atoms with Crippen LogP contribution in [0.15, 0.2) is 82.4 Å². The Labute approximate surface area is 598 Å². The summed E-state index contributed by atoms with van der Waals surface area (Å²) >= 11 is 0. The van der Waals surface area contributed by atoms with Gasteiger partial charge in [-0.15, -0.1) is 0 Å². The topological polar surface area (TPSA) is 462 Å². The van der Waals surface area contributed by atoms with E-state index in [1.807, 2.05) is 60.7 Å². The van der Waals surface area contributed by atoms with Crippen LogP contribution in [-0.2, 0) is 119 Å². The first-order valence-corrected chi connectivity index (χ1v) is 34.6. The van der Waals surface area contributed by atoms with Crippen LogP contribution in [-0.4, -0.2) is 180 Å². The zero-order valence-electron chi connectivity index (χ0n) is 58.1. The summed E-state index contributed by atoms with van der Waals surface area (Å²) in [6.07, 6.45) is -12.4. The minimum Gasteiger partial charge on any atom is -0.457 e. The smallest absolute Gasteiger partial charge is 0.355 e. The van der Waals surface area contributed by atoms with Crippen LogP contribution in [0, 0.1) is 5.92 Å². The number of aliphatic hydroxyl groups excluding tert-OH is 4. The van der Waals surface area contributed by atoms with Gasteiger partial charge in [0.2, 0.25) is 34.8 Å². The summed E-state index contributed by atoms with van der Waals surface area (Å²) in [6, 6.07) is 20.3. The molecule has 0 saturated carbocycles. The highest BCUT2D eigenvalue weighted by Gasteiger charge is 2.52. The summed E-state index contributed by atoms with van der Waals surface area (Å²) in [5, 5.41) is 56.3. The van der Waals surface area contributed by atoms with Gasteiger partial charge in [-0.1, -0.05) is 57.2 Å². The summed E-state index contributed by atoms with van der Waals surface area (Å²) in [6.45, 7) is 3.44.